The van der Waals surface area contributed by atoms with Crippen molar-refractivity contribution in [3.8, 4) is 0 Å². The predicted molar refractivity (Wildman–Crippen MR) is 78.3 cm³/mol. The highest BCUT2D eigenvalue weighted by Crippen LogP contribution is 2.44. The van der Waals surface area contributed by atoms with Crippen molar-refractivity contribution in [2.24, 2.45) is 5.92 Å². The van der Waals surface area contributed by atoms with E-state index in [2.05, 4.69) is 22.2 Å². The number of nitrogens with zero attached hydrogens (tertiary/aromatic N) is 2. The fourth-order valence-corrected chi connectivity index (χ4v) is 3.88. The molecule has 2 fully saturated rings. The molecule has 0 radical (unpaired) electrons. The Bertz CT molecular complexity index is 417. The van der Waals surface area contributed by atoms with Crippen LogP contribution in [0.1, 0.15) is 57.3 Å². The van der Waals surface area contributed by atoms with Crippen LogP contribution in [0.25, 0.3) is 0 Å². The summed E-state index contributed by atoms with van der Waals surface area (Å²) in [7, 11) is 0. The van der Waals surface area contributed by atoms with Crippen LogP contribution in [0.5, 0.6) is 0 Å². The lowest BCUT2D eigenvalue weighted by Crippen LogP contribution is -2.42. The maximum Gasteiger partial charge on any atom is 0.145 e. The molecule has 20 heavy (non-hydrogen) atoms. The van der Waals surface area contributed by atoms with Crippen LogP contribution in [0.2, 0.25) is 0 Å². The average Bonchev–Trinajstić information content (AvgIpc) is 2.93. The monoisotopic (exact) mass is 275 g/mol. The van der Waals surface area contributed by atoms with Crippen LogP contribution < -0.4 is 5.32 Å². The van der Waals surface area contributed by atoms with E-state index >= 15 is 0 Å². The first-order valence-electron chi connectivity index (χ1n) is 7.97. The van der Waals surface area contributed by atoms with Crippen molar-refractivity contribution in [1.29, 1.82) is 0 Å². The number of nitrogens with one attached hydrogen (secondary N) is 1. The lowest BCUT2D eigenvalue weighted by atomic mass is 9.80. The Morgan fingerprint density at radius 1 is 1.35 bits per heavy atom. The van der Waals surface area contributed by atoms with E-state index in [1.807, 2.05) is 18.5 Å². The van der Waals surface area contributed by atoms with Gasteiger partial charge in [0.1, 0.15) is 5.82 Å². The van der Waals surface area contributed by atoms with Crippen molar-refractivity contribution in [3.63, 3.8) is 0 Å². The number of rotatable bonds is 4. The first kappa shape index (κ1) is 14.0. The Labute approximate surface area is 121 Å². The van der Waals surface area contributed by atoms with E-state index in [0.29, 0.717) is 5.92 Å². The Hall–Kier alpha value is -1.00. The highest BCUT2D eigenvalue weighted by atomic mass is 16.5. The minimum Gasteiger partial charge on any atom is -0.375 e. The summed E-state index contributed by atoms with van der Waals surface area (Å²) in [4.78, 5) is 8.95. The molecule has 0 bridgehead atoms. The van der Waals surface area contributed by atoms with Crippen LogP contribution in [-0.4, -0.2) is 28.7 Å². The number of hydrogen-bond donors (Lipinski definition) is 1. The van der Waals surface area contributed by atoms with E-state index in [1.165, 1.54) is 25.7 Å². The van der Waals surface area contributed by atoms with Gasteiger partial charge in [0, 0.05) is 19.0 Å². The zero-order chi connectivity index (χ0) is 13.8. The molecule has 1 spiro atoms. The minimum absolute atomic E-state index is 0.158. The summed E-state index contributed by atoms with van der Waals surface area (Å²) in [5, 5.41) is 3.59. The first-order valence-corrected chi connectivity index (χ1v) is 7.97. The predicted octanol–water partition coefficient (Wildman–Crippen LogP) is 2.87. The molecule has 0 amide bonds. The summed E-state index contributed by atoms with van der Waals surface area (Å²) < 4.78 is 6.15. The molecule has 1 aromatic heterocycles. The lowest BCUT2D eigenvalue weighted by molar-refractivity contribution is -0.0985. The Morgan fingerprint density at radius 2 is 2.10 bits per heavy atom. The van der Waals surface area contributed by atoms with Gasteiger partial charge in [0.2, 0.25) is 0 Å². The zero-order valence-corrected chi connectivity index (χ0v) is 12.3. The third-order valence-electron chi connectivity index (χ3n) is 4.81. The van der Waals surface area contributed by atoms with Crippen molar-refractivity contribution in [2.75, 3.05) is 13.2 Å². The molecule has 1 aromatic rings. The van der Waals surface area contributed by atoms with Crippen LogP contribution in [0.15, 0.2) is 18.5 Å². The number of ether oxygens (including phenoxy) is 1. The van der Waals surface area contributed by atoms with Crippen molar-refractivity contribution in [2.45, 2.75) is 57.1 Å². The Morgan fingerprint density at radius 3 is 2.80 bits per heavy atom. The molecule has 4 nitrogen and oxygen atoms in total. The molecular formula is C16H25N3O. The van der Waals surface area contributed by atoms with Crippen LogP contribution in [0, 0.1) is 5.92 Å². The quantitative estimate of drug-likeness (QED) is 0.918. The van der Waals surface area contributed by atoms with Crippen molar-refractivity contribution < 1.29 is 4.74 Å². The van der Waals surface area contributed by atoms with Gasteiger partial charge in [-0.2, -0.15) is 0 Å². The molecule has 1 aliphatic carbocycles. The highest BCUT2D eigenvalue weighted by Gasteiger charge is 2.42. The summed E-state index contributed by atoms with van der Waals surface area (Å²) in [6, 6.07) is 2.15. The SMILES string of the molecule is CCNC(c1ncccn1)C1CCOC2(CCCC2)C1. The largest absolute Gasteiger partial charge is 0.375 e. The standard InChI is InChI=1S/C16H25N3O/c1-2-17-14(15-18-9-5-10-19-15)13-6-11-20-16(12-13)7-3-4-8-16/h5,9-10,13-14,17H,2-4,6-8,11-12H2,1H3. The summed E-state index contributed by atoms with van der Waals surface area (Å²) in [6.45, 7) is 3.99. The van der Waals surface area contributed by atoms with E-state index in [9.17, 15) is 0 Å². The molecule has 1 saturated heterocycles. The lowest BCUT2D eigenvalue weighted by Gasteiger charge is -2.41. The van der Waals surface area contributed by atoms with Gasteiger partial charge in [-0.3, -0.25) is 0 Å². The normalized spacial score (nSPS) is 26.8. The molecule has 1 aliphatic heterocycles. The van der Waals surface area contributed by atoms with Crippen LogP contribution >= 0.6 is 0 Å². The maximum atomic E-state index is 6.15. The van der Waals surface area contributed by atoms with E-state index in [4.69, 9.17) is 4.74 Å². The molecule has 1 N–H and O–H groups in total. The van der Waals surface area contributed by atoms with E-state index in [1.54, 1.807) is 0 Å². The van der Waals surface area contributed by atoms with Crippen molar-refractivity contribution in [3.05, 3.63) is 24.3 Å². The second kappa shape index (κ2) is 6.19. The van der Waals surface area contributed by atoms with Crippen molar-refractivity contribution >= 4 is 0 Å². The Kier molecular flexibility index (Phi) is 4.32. The van der Waals surface area contributed by atoms with E-state index < -0.39 is 0 Å². The van der Waals surface area contributed by atoms with Gasteiger partial charge in [-0.15, -0.1) is 0 Å². The van der Waals surface area contributed by atoms with Crippen LogP contribution in [0.3, 0.4) is 0 Å². The summed E-state index contributed by atoms with van der Waals surface area (Å²) in [6.07, 6.45) is 11.1. The smallest absolute Gasteiger partial charge is 0.145 e. The number of hydrogen-bond acceptors (Lipinski definition) is 4. The average molecular weight is 275 g/mol. The van der Waals surface area contributed by atoms with Gasteiger partial charge in [0.05, 0.1) is 11.6 Å². The maximum absolute atomic E-state index is 6.15. The minimum atomic E-state index is 0.158. The summed E-state index contributed by atoms with van der Waals surface area (Å²) in [5.74, 6) is 1.53. The molecule has 4 heteroatoms. The van der Waals surface area contributed by atoms with Gasteiger partial charge in [-0.25, -0.2) is 9.97 Å². The molecule has 110 valence electrons. The molecular weight excluding hydrogens is 250 g/mol. The molecule has 2 heterocycles. The van der Waals surface area contributed by atoms with Gasteiger partial charge in [-0.05, 0) is 44.2 Å². The molecule has 3 rings (SSSR count). The fraction of sp³-hybridized carbons (Fsp3) is 0.750. The van der Waals surface area contributed by atoms with Gasteiger partial charge in [-0.1, -0.05) is 19.8 Å². The Balaban J connectivity index is 1.77. The fourth-order valence-electron chi connectivity index (χ4n) is 3.88. The third-order valence-corrected chi connectivity index (χ3v) is 4.81. The van der Waals surface area contributed by atoms with Gasteiger partial charge >= 0.3 is 0 Å². The summed E-state index contributed by atoms with van der Waals surface area (Å²) in [5.41, 5.74) is 0.158. The van der Waals surface area contributed by atoms with E-state index in [0.717, 1.165) is 31.8 Å². The third kappa shape index (κ3) is 2.86. The second-order valence-electron chi connectivity index (χ2n) is 6.13. The van der Waals surface area contributed by atoms with Crippen LogP contribution in [-0.2, 0) is 4.74 Å². The van der Waals surface area contributed by atoms with Gasteiger partial charge in [0.15, 0.2) is 0 Å². The molecule has 2 atom stereocenters. The van der Waals surface area contributed by atoms with Crippen LogP contribution in [0.4, 0.5) is 0 Å². The zero-order valence-electron chi connectivity index (χ0n) is 12.3. The first-order chi connectivity index (χ1) is 9.83. The summed E-state index contributed by atoms with van der Waals surface area (Å²) >= 11 is 0. The molecule has 2 aliphatic rings. The number of aromatic nitrogens is 2. The molecule has 1 saturated carbocycles. The van der Waals surface area contributed by atoms with E-state index in [-0.39, 0.29) is 11.6 Å². The van der Waals surface area contributed by atoms with Crippen molar-refractivity contribution in [1.82, 2.24) is 15.3 Å². The molecule has 0 aromatic carbocycles. The van der Waals surface area contributed by atoms with Gasteiger partial charge in [0.25, 0.3) is 0 Å². The molecule has 2 unspecified atom stereocenters. The van der Waals surface area contributed by atoms with Gasteiger partial charge < -0.3 is 10.1 Å². The topological polar surface area (TPSA) is 47.0 Å². The second-order valence-corrected chi connectivity index (χ2v) is 6.13. The highest BCUT2D eigenvalue weighted by molar-refractivity contribution is 5.02.